The molecule has 2 N–H and O–H groups in total. The molecule has 0 bridgehead atoms. The highest BCUT2D eigenvalue weighted by atomic mass is 16.2. The fraction of sp³-hybridized carbons (Fsp3) is 0.286. The summed E-state index contributed by atoms with van der Waals surface area (Å²) in [6.45, 7) is 2.33. The van der Waals surface area contributed by atoms with Gasteiger partial charge in [-0.05, 0) is 24.6 Å². The zero-order chi connectivity index (χ0) is 14.0. The molecular weight excluding hydrogens is 240 g/mol. The van der Waals surface area contributed by atoms with Gasteiger partial charge in [0.2, 0.25) is 0 Å². The number of nitrogens with zero attached hydrogens (tertiary/aromatic N) is 3. The van der Waals surface area contributed by atoms with Crippen LogP contribution in [-0.4, -0.2) is 27.4 Å². The van der Waals surface area contributed by atoms with E-state index in [0.29, 0.717) is 17.8 Å². The van der Waals surface area contributed by atoms with Crippen molar-refractivity contribution in [1.29, 1.82) is 0 Å². The first kappa shape index (κ1) is 13.1. The van der Waals surface area contributed by atoms with E-state index in [9.17, 15) is 4.79 Å². The largest absolute Gasteiger partial charge is 0.398 e. The number of carbonyl (C=O) groups is 1. The number of rotatable bonds is 3. The van der Waals surface area contributed by atoms with Gasteiger partial charge in [-0.3, -0.25) is 4.79 Å². The van der Waals surface area contributed by atoms with Crippen molar-refractivity contribution < 1.29 is 4.79 Å². The SMILES string of the molecule is Cc1c(N)cccc1C(=O)N(C)Cc1nccn1C. The molecule has 5 heteroatoms. The van der Waals surface area contributed by atoms with E-state index < -0.39 is 0 Å². The van der Waals surface area contributed by atoms with Gasteiger partial charge in [-0.15, -0.1) is 0 Å². The van der Waals surface area contributed by atoms with Crippen LogP contribution in [0.2, 0.25) is 0 Å². The number of imidazole rings is 1. The number of anilines is 1. The van der Waals surface area contributed by atoms with Gasteiger partial charge in [-0.2, -0.15) is 0 Å². The summed E-state index contributed by atoms with van der Waals surface area (Å²) in [6.07, 6.45) is 3.58. The lowest BCUT2D eigenvalue weighted by atomic mass is 10.1. The molecule has 0 saturated heterocycles. The lowest BCUT2D eigenvalue weighted by Gasteiger charge is -2.18. The molecule has 1 aromatic heterocycles. The standard InChI is InChI=1S/C14H18N4O/c1-10-11(5-4-6-12(10)15)14(19)18(3)9-13-16-7-8-17(13)2/h4-8H,9,15H2,1-3H3. The van der Waals surface area contributed by atoms with Crippen LogP contribution in [0.4, 0.5) is 5.69 Å². The van der Waals surface area contributed by atoms with Gasteiger partial charge in [0.05, 0.1) is 6.54 Å². The number of nitrogen functional groups attached to an aromatic ring is 1. The molecule has 0 saturated carbocycles. The lowest BCUT2D eigenvalue weighted by molar-refractivity contribution is 0.0780. The van der Waals surface area contributed by atoms with Gasteiger partial charge in [0, 0.05) is 37.7 Å². The van der Waals surface area contributed by atoms with Crippen molar-refractivity contribution in [3.8, 4) is 0 Å². The molecule has 5 nitrogen and oxygen atoms in total. The molecular formula is C14H18N4O. The van der Waals surface area contributed by atoms with E-state index in [1.807, 2.05) is 24.7 Å². The third-order valence-electron chi connectivity index (χ3n) is 3.25. The first-order valence-electron chi connectivity index (χ1n) is 6.07. The topological polar surface area (TPSA) is 64.2 Å². The van der Waals surface area contributed by atoms with Crippen LogP contribution in [0.5, 0.6) is 0 Å². The predicted molar refractivity (Wildman–Crippen MR) is 74.6 cm³/mol. The average molecular weight is 258 g/mol. The third-order valence-corrected chi connectivity index (χ3v) is 3.25. The maximum absolute atomic E-state index is 12.4. The first-order chi connectivity index (χ1) is 9.00. The Morgan fingerprint density at radius 1 is 1.47 bits per heavy atom. The molecule has 0 fully saturated rings. The highest BCUT2D eigenvalue weighted by Gasteiger charge is 2.16. The van der Waals surface area contributed by atoms with E-state index in [4.69, 9.17) is 5.73 Å². The molecule has 0 aliphatic rings. The predicted octanol–water partition coefficient (Wildman–Crippen LogP) is 1.58. The van der Waals surface area contributed by atoms with Gasteiger partial charge < -0.3 is 15.2 Å². The molecule has 2 rings (SSSR count). The van der Waals surface area contributed by atoms with Gasteiger partial charge in [-0.25, -0.2) is 4.98 Å². The van der Waals surface area contributed by atoms with Crippen molar-refractivity contribution >= 4 is 11.6 Å². The third kappa shape index (κ3) is 2.59. The fourth-order valence-corrected chi connectivity index (χ4v) is 1.92. The molecule has 0 unspecified atom stereocenters. The van der Waals surface area contributed by atoms with E-state index in [2.05, 4.69) is 4.98 Å². The minimum Gasteiger partial charge on any atom is -0.398 e. The van der Waals surface area contributed by atoms with E-state index in [0.717, 1.165) is 11.4 Å². The summed E-state index contributed by atoms with van der Waals surface area (Å²) in [5.41, 5.74) is 7.92. The Morgan fingerprint density at radius 3 is 2.84 bits per heavy atom. The van der Waals surface area contributed by atoms with Gasteiger partial charge in [0.15, 0.2) is 0 Å². The van der Waals surface area contributed by atoms with Gasteiger partial charge in [0.1, 0.15) is 5.82 Å². The highest BCUT2D eigenvalue weighted by Crippen LogP contribution is 2.17. The molecule has 1 amide bonds. The number of benzene rings is 1. The molecule has 0 radical (unpaired) electrons. The van der Waals surface area contributed by atoms with Crippen LogP contribution >= 0.6 is 0 Å². The number of carbonyl (C=O) groups excluding carboxylic acids is 1. The Balaban J connectivity index is 2.20. The van der Waals surface area contributed by atoms with E-state index >= 15 is 0 Å². The highest BCUT2D eigenvalue weighted by molar-refractivity contribution is 5.96. The van der Waals surface area contributed by atoms with Crippen molar-refractivity contribution in [1.82, 2.24) is 14.5 Å². The Labute approximate surface area is 112 Å². The molecule has 0 atom stereocenters. The molecule has 19 heavy (non-hydrogen) atoms. The number of aromatic nitrogens is 2. The van der Waals surface area contributed by atoms with Crippen LogP contribution in [-0.2, 0) is 13.6 Å². The van der Waals surface area contributed by atoms with E-state index in [-0.39, 0.29) is 5.91 Å². The second kappa shape index (κ2) is 5.14. The van der Waals surface area contributed by atoms with Crippen LogP contribution < -0.4 is 5.73 Å². The van der Waals surface area contributed by atoms with E-state index in [1.54, 1.807) is 36.3 Å². The Kier molecular flexibility index (Phi) is 3.55. The quantitative estimate of drug-likeness (QED) is 0.850. The normalized spacial score (nSPS) is 10.5. The van der Waals surface area contributed by atoms with Crippen LogP contribution in [0.15, 0.2) is 30.6 Å². The maximum atomic E-state index is 12.4. The zero-order valence-corrected chi connectivity index (χ0v) is 11.4. The summed E-state index contributed by atoms with van der Waals surface area (Å²) in [7, 11) is 3.67. The van der Waals surface area contributed by atoms with Gasteiger partial charge >= 0.3 is 0 Å². The number of hydrogen-bond acceptors (Lipinski definition) is 3. The Morgan fingerprint density at radius 2 is 2.21 bits per heavy atom. The minimum absolute atomic E-state index is 0.0483. The van der Waals surface area contributed by atoms with Crippen molar-refractivity contribution in [3.05, 3.63) is 47.5 Å². The molecule has 100 valence electrons. The lowest BCUT2D eigenvalue weighted by Crippen LogP contribution is -2.28. The van der Waals surface area contributed by atoms with Gasteiger partial charge in [0.25, 0.3) is 5.91 Å². The second-order valence-corrected chi connectivity index (χ2v) is 4.64. The van der Waals surface area contributed by atoms with E-state index in [1.165, 1.54) is 0 Å². The number of aryl methyl sites for hydroxylation is 1. The van der Waals surface area contributed by atoms with Crippen LogP contribution in [0.3, 0.4) is 0 Å². The molecule has 0 aliphatic heterocycles. The van der Waals surface area contributed by atoms with Gasteiger partial charge in [-0.1, -0.05) is 6.07 Å². The monoisotopic (exact) mass is 258 g/mol. The van der Waals surface area contributed by atoms with Crippen molar-refractivity contribution in [2.24, 2.45) is 7.05 Å². The minimum atomic E-state index is -0.0483. The summed E-state index contributed by atoms with van der Waals surface area (Å²) in [6, 6.07) is 5.39. The molecule has 0 aliphatic carbocycles. The van der Waals surface area contributed by atoms with Crippen LogP contribution in [0.1, 0.15) is 21.7 Å². The summed E-state index contributed by atoms with van der Waals surface area (Å²) in [5.74, 6) is 0.796. The summed E-state index contributed by atoms with van der Waals surface area (Å²) in [5, 5.41) is 0. The molecule has 0 spiro atoms. The summed E-state index contributed by atoms with van der Waals surface area (Å²) < 4.78 is 1.90. The van der Waals surface area contributed by atoms with Crippen LogP contribution in [0, 0.1) is 6.92 Å². The summed E-state index contributed by atoms with van der Waals surface area (Å²) in [4.78, 5) is 18.2. The Bertz CT molecular complexity index is 603. The van der Waals surface area contributed by atoms with Crippen molar-refractivity contribution in [2.45, 2.75) is 13.5 Å². The van der Waals surface area contributed by atoms with Crippen molar-refractivity contribution in [2.75, 3.05) is 12.8 Å². The maximum Gasteiger partial charge on any atom is 0.254 e. The summed E-state index contributed by atoms with van der Waals surface area (Å²) >= 11 is 0. The molecule has 2 aromatic rings. The smallest absolute Gasteiger partial charge is 0.254 e. The number of hydrogen-bond donors (Lipinski definition) is 1. The molecule has 1 heterocycles. The van der Waals surface area contributed by atoms with Crippen LogP contribution in [0.25, 0.3) is 0 Å². The number of nitrogens with two attached hydrogens (primary N) is 1. The zero-order valence-electron chi connectivity index (χ0n) is 11.4. The fourth-order valence-electron chi connectivity index (χ4n) is 1.92. The molecule has 1 aromatic carbocycles. The first-order valence-corrected chi connectivity index (χ1v) is 6.07. The van der Waals surface area contributed by atoms with Crippen molar-refractivity contribution in [3.63, 3.8) is 0 Å². The second-order valence-electron chi connectivity index (χ2n) is 4.64. The number of amides is 1. The Hall–Kier alpha value is -2.30. The average Bonchev–Trinajstić information content (AvgIpc) is 2.77.